The number of carbonyl (C=O) groups excluding carboxylic acids is 2. The minimum absolute atomic E-state index is 0.0465. The molecule has 1 atom stereocenters. The Balaban J connectivity index is 2.25. The lowest BCUT2D eigenvalue weighted by molar-refractivity contribution is -0.126. The molecule has 0 bridgehead atoms. The first-order chi connectivity index (χ1) is 19.4. The number of nitrogens with zero attached hydrogens (tertiary/aromatic N) is 3. The fourth-order valence-electron chi connectivity index (χ4n) is 3.02. The van der Waals surface area contributed by atoms with Gasteiger partial charge in [-0.15, -0.1) is 0 Å². The first-order valence-electron chi connectivity index (χ1n) is 13.5. The summed E-state index contributed by atoms with van der Waals surface area (Å²) in [5.41, 5.74) is 9.37. The maximum atomic E-state index is 12.2. The summed E-state index contributed by atoms with van der Waals surface area (Å²) in [6.07, 6.45) is 4.05. The van der Waals surface area contributed by atoms with Crippen LogP contribution in [0.25, 0.3) is 10.4 Å². The molecule has 0 aliphatic heterocycles. The van der Waals surface area contributed by atoms with Crippen LogP contribution < -0.4 is 20.7 Å². The monoisotopic (exact) mass is 564 g/mol. The lowest BCUT2D eigenvalue weighted by atomic mass is 10.3. The van der Waals surface area contributed by atoms with Gasteiger partial charge in [0.2, 0.25) is 11.8 Å². The summed E-state index contributed by atoms with van der Waals surface area (Å²) in [5.74, 6) is 0.0381. The van der Waals surface area contributed by atoms with Crippen molar-refractivity contribution in [3.05, 3.63) is 46.9 Å². The number of anilines is 1. The average molecular weight is 565 g/mol. The van der Waals surface area contributed by atoms with Gasteiger partial charge < -0.3 is 39.6 Å². The Labute approximate surface area is 236 Å². The fourth-order valence-corrected chi connectivity index (χ4v) is 3.02. The maximum Gasteiger partial charge on any atom is 0.246 e. The number of ether oxygens (including phenoxy) is 5. The van der Waals surface area contributed by atoms with Crippen LogP contribution in [0.3, 0.4) is 0 Å². The number of hydrogen-bond donors (Lipinski definition) is 3. The van der Waals surface area contributed by atoms with Crippen molar-refractivity contribution in [2.75, 3.05) is 71.3 Å². The van der Waals surface area contributed by atoms with Gasteiger partial charge in [-0.05, 0) is 24.1 Å². The van der Waals surface area contributed by atoms with Crippen molar-refractivity contribution in [2.24, 2.45) is 5.11 Å². The molecule has 0 fully saturated rings. The van der Waals surface area contributed by atoms with E-state index in [1.807, 2.05) is 19.1 Å². The Kier molecular flexibility index (Phi) is 20.6. The fraction of sp³-hybridized carbons (Fsp3) is 0.630. The van der Waals surface area contributed by atoms with E-state index in [0.717, 1.165) is 13.0 Å². The molecule has 0 aliphatic rings. The lowest BCUT2D eigenvalue weighted by Gasteiger charge is -2.15. The van der Waals surface area contributed by atoms with E-state index >= 15 is 0 Å². The maximum absolute atomic E-state index is 12.2. The number of amides is 2. The van der Waals surface area contributed by atoms with Gasteiger partial charge in [0.25, 0.3) is 0 Å². The molecule has 0 heterocycles. The van der Waals surface area contributed by atoms with Gasteiger partial charge in [0.1, 0.15) is 19.0 Å². The zero-order valence-electron chi connectivity index (χ0n) is 23.8. The Morgan fingerprint density at radius 2 is 1.80 bits per heavy atom. The van der Waals surface area contributed by atoms with E-state index in [4.69, 9.17) is 29.2 Å². The SMILES string of the molecule is CC/C=C/CNC(=O)COCCOC(COc1cccc(NC(=O)CCOCCOCCNC(C)C)c1)N=[N+]=[N-]. The second-order valence-electron chi connectivity index (χ2n) is 8.74. The number of hydrogen-bond acceptors (Lipinski definition) is 9. The zero-order chi connectivity index (χ0) is 29.3. The molecule has 0 aromatic heterocycles. The van der Waals surface area contributed by atoms with E-state index < -0.39 is 6.23 Å². The molecule has 1 unspecified atom stereocenters. The number of allylic oxidation sites excluding steroid dienone is 1. The van der Waals surface area contributed by atoms with Gasteiger partial charge in [0, 0.05) is 35.8 Å². The molecular weight excluding hydrogens is 520 g/mol. The smallest absolute Gasteiger partial charge is 0.246 e. The third-order valence-corrected chi connectivity index (χ3v) is 4.93. The van der Waals surface area contributed by atoms with Gasteiger partial charge in [0.05, 0.1) is 46.1 Å². The average Bonchev–Trinajstić information content (AvgIpc) is 2.93. The quantitative estimate of drug-likeness (QED) is 0.0566. The van der Waals surface area contributed by atoms with Crippen LogP contribution in [0.4, 0.5) is 5.69 Å². The van der Waals surface area contributed by atoms with E-state index in [1.54, 1.807) is 24.3 Å². The third kappa shape index (κ3) is 19.8. The molecule has 1 aromatic carbocycles. The minimum Gasteiger partial charge on any atom is -0.491 e. The topological polar surface area (TPSA) is 165 Å². The molecular formula is C27H44N6O7. The molecule has 2 amide bonds. The van der Waals surface area contributed by atoms with Crippen LogP contribution in [-0.2, 0) is 28.5 Å². The number of rotatable bonds is 24. The van der Waals surface area contributed by atoms with Gasteiger partial charge >= 0.3 is 0 Å². The number of benzene rings is 1. The van der Waals surface area contributed by atoms with Crippen molar-refractivity contribution >= 4 is 17.5 Å². The molecule has 0 saturated heterocycles. The normalized spacial score (nSPS) is 11.8. The van der Waals surface area contributed by atoms with Gasteiger partial charge in [0.15, 0.2) is 6.23 Å². The Morgan fingerprint density at radius 1 is 1.02 bits per heavy atom. The van der Waals surface area contributed by atoms with Gasteiger partial charge in [-0.2, -0.15) is 0 Å². The van der Waals surface area contributed by atoms with E-state index in [0.29, 0.717) is 43.8 Å². The highest BCUT2D eigenvalue weighted by Gasteiger charge is 2.10. The highest BCUT2D eigenvalue weighted by atomic mass is 16.6. The second-order valence-corrected chi connectivity index (χ2v) is 8.74. The van der Waals surface area contributed by atoms with Crippen molar-refractivity contribution in [2.45, 2.75) is 45.9 Å². The number of carbonyl (C=O) groups is 2. The Bertz CT molecular complexity index is 909. The molecule has 3 N–H and O–H groups in total. The van der Waals surface area contributed by atoms with E-state index in [2.05, 4.69) is 39.8 Å². The molecule has 1 rings (SSSR count). The summed E-state index contributed by atoms with van der Waals surface area (Å²) in [6.45, 7) is 9.31. The van der Waals surface area contributed by atoms with Crippen LogP contribution in [0.2, 0.25) is 0 Å². The van der Waals surface area contributed by atoms with Crippen molar-refractivity contribution in [3.63, 3.8) is 0 Å². The van der Waals surface area contributed by atoms with Crippen LogP contribution in [0.5, 0.6) is 5.75 Å². The number of azide groups is 1. The first kappa shape index (κ1) is 34.8. The summed E-state index contributed by atoms with van der Waals surface area (Å²) in [6, 6.07) is 7.26. The van der Waals surface area contributed by atoms with Gasteiger partial charge in [-0.1, -0.05) is 44.1 Å². The molecule has 40 heavy (non-hydrogen) atoms. The van der Waals surface area contributed by atoms with Gasteiger partial charge in [-0.25, -0.2) is 0 Å². The largest absolute Gasteiger partial charge is 0.491 e. The molecule has 13 nitrogen and oxygen atoms in total. The predicted molar refractivity (Wildman–Crippen MR) is 152 cm³/mol. The van der Waals surface area contributed by atoms with Crippen LogP contribution in [-0.4, -0.2) is 90.0 Å². The van der Waals surface area contributed by atoms with Crippen LogP contribution in [0.15, 0.2) is 41.5 Å². The van der Waals surface area contributed by atoms with Crippen molar-refractivity contribution in [1.82, 2.24) is 10.6 Å². The molecule has 0 aliphatic carbocycles. The molecule has 224 valence electrons. The Morgan fingerprint density at radius 3 is 2.55 bits per heavy atom. The zero-order valence-corrected chi connectivity index (χ0v) is 23.8. The van der Waals surface area contributed by atoms with Crippen molar-refractivity contribution in [3.8, 4) is 5.75 Å². The molecule has 13 heteroatoms. The molecule has 1 aromatic rings. The molecule has 0 saturated carbocycles. The van der Waals surface area contributed by atoms with Crippen molar-refractivity contribution in [1.29, 1.82) is 0 Å². The van der Waals surface area contributed by atoms with Gasteiger partial charge in [-0.3, -0.25) is 9.59 Å². The summed E-state index contributed by atoms with van der Waals surface area (Å²) in [4.78, 5) is 26.7. The summed E-state index contributed by atoms with van der Waals surface area (Å²) in [7, 11) is 0. The molecule has 0 radical (unpaired) electrons. The van der Waals surface area contributed by atoms with E-state index in [-0.39, 0.29) is 51.3 Å². The van der Waals surface area contributed by atoms with Crippen LogP contribution >= 0.6 is 0 Å². The van der Waals surface area contributed by atoms with Crippen LogP contribution in [0, 0.1) is 0 Å². The number of nitrogens with one attached hydrogen (secondary N) is 3. The van der Waals surface area contributed by atoms with Crippen LogP contribution in [0.1, 0.15) is 33.6 Å². The first-order valence-corrected chi connectivity index (χ1v) is 13.5. The van der Waals surface area contributed by atoms with E-state index in [9.17, 15) is 9.59 Å². The minimum atomic E-state index is -0.896. The summed E-state index contributed by atoms with van der Waals surface area (Å²) in [5, 5.41) is 12.3. The molecule has 0 spiro atoms. The Hall–Kier alpha value is -3.19. The predicted octanol–water partition coefficient (Wildman–Crippen LogP) is 3.18. The standard InChI is InChI=1S/C27H44N6O7/c1-4-5-6-11-30-26(35)20-38-17-18-39-27(32-33-28)21-40-24-9-7-8-23(19-24)31-25(34)10-13-36-15-16-37-14-12-29-22(2)3/h5-9,19,22,27,29H,4,10-18,20-21H2,1-3H3,(H,30,35)(H,31,34)/b6-5+. The highest BCUT2D eigenvalue weighted by Crippen LogP contribution is 2.18. The lowest BCUT2D eigenvalue weighted by Crippen LogP contribution is -2.28. The van der Waals surface area contributed by atoms with Crippen molar-refractivity contribution < 1.29 is 33.3 Å². The summed E-state index contributed by atoms with van der Waals surface area (Å²) < 4.78 is 27.3. The van der Waals surface area contributed by atoms with E-state index in [1.165, 1.54) is 0 Å². The second kappa shape index (κ2) is 23.7. The highest BCUT2D eigenvalue weighted by molar-refractivity contribution is 5.90. The third-order valence-electron chi connectivity index (χ3n) is 4.93. The summed E-state index contributed by atoms with van der Waals surface area (Å²) >= 11 is 0.